The fourth-order valence-corrected chi connectivity index (χ4v) is 2.37. The predicted molar refractivity (Wildman–Crippen MR) is 83.6 cm³/mol. The van der Waals surface area contributed by atoms with Crippen LogP contribution in [0.2, 0.25) is 0 Å². The molecule has 4 heteroatoms. The fraction of sp³-hybridized carbons (Fsp3) is 0.412. The lowest BCUT2D eigenvalue weighted by atomic mass is 10.1. The van der Waals surface area contributed by atoms with Crippen LogP contribution in [0.15, 0.2) is 30.8 Å². The van der Waals surface area contributed by atoms with E-state index in [2.05, 4.69) is 25.7 Å². The van der Waals surface area contributed by atoms with Crippen molar-refractivity contribution in [2.75, 3.05) is 13.1 Å². The van der Waals surface area contributed by atoms with Crippen LogP contribution in [-0.2, 0) is 4.79 Å². The van der Waals surface area contributed by atoms with E-state index in [4.69, 9.17) is 0 Å². The first-order valence-electron chi connectivity index (χ1n) is 7.37. The van der Waals surface area contributed by atoms with Gasteiger partial charge in [-0.1, -0.05) is 38.6 Å². The van der Waals surface area contributed by atoms with Crippen LogP contribution in [0.1, 0.15) is 42.6 Å². The number of nitrogens with one attached hydrogen (secondary N) is 1. The van der Waals surface area contributed by atoms with Crippen molar-refractivity contribution in [2.24, 2.45) is 5.92 Å². The Hall–Kier alpha value is -2.10. The predicted octanol–water partition coefficient (Wildman–Crippen LogP) is 2.67. The zero-order valence-corrected chi connectivity index (χ0v) is 12.7. The summed E-state index contributed by atoms with van der Waals surface area (Å²) in [6, 6.07) is 7.41. The van der Waals surface area contributed by atoms with Crippen molar-refractivity contribution in [3.8, 4) is 0 Å². The van der Waals surface area contributed by atoms with Crippen LogP contribution in [-0.4, -0.2) is 29.8 Å². The smallest absolute Gasteiger partial charge is 0.258 e. The summed E-state index contributed by atoms with van der Waals surface area (Å²) in [7, 11) is 0. The molecule has 112 valence electrons. The Balaban J connectivity index is 1.86. The molecule has 0 aromatic heterocycles. The zero-order valence-electron chi connectivity index (χ0n) is 12.7. The molecule has 1 heterocycles. The second-order valence-electron chi connectivity index (χ2n) is 5.73. The van der Waals surface area contributed by atoms with Crippen LogP contribution < -0.4 is 5.32 Å². The molecular formula is C17H22N2O2. The lowest BCUT2D eigenvalue weighted by Gasteiger charge is -2.17. The summed E-state index contributed by atoms with van der Waals surface area (Å²) in [5, 5.41) is 2.88. The molecule has 4 nitrogen and oxygen atoms in total. The van der Waals surface area contributed by atoms with E-state index in [-0.39, 0.29) is 11.8 Å². The highest BCUT2D eigenvalue weighted by Gasteiger charge is 2.30. The van der Waals surface area contributed by atoms with Crippen molar-refractivity contribution in [2.45, 2.75) is 26.7 Å². The van der Waals surface area contributed by atoms with E-state index in [9.17, 15) is 9.59 Å². The van der Waals surface area contributed by atoms with Crippen molar-refractivity contribution < 1.29 is 9.59 Å². The lowest BCUT2D eigenvalue weighted by molar-refractivity contribution is -0.121. The van der Waals surface area contributed by atoms with Crippen molar-refractivity contribution in [3.05, 3.63) is 42.0 Å². The average molecular weight is 286 g/mol. The highest BCUT2D eigenvalue weighted by atomic mass is 16.2. The molecule has 0 aliphatic carbocycles. The number of carbonyl (C=O) groups is 2. The monoisotopic (exact) mass is 286 g/mol. The SMILES string of the molecule is C=C1c2ccccc2C(=O)N1CCC(=O)NCCC(C)C. The second kappa shape index (κ2) is 6.57. The summed E-state index contributed by atoms with van der Waals surface area (Å²) < 4.78 is 0. The number of carbonyl (C=O) groups excluding carboxylic acids is 2. The first-order valence-corrected chi connectivity index (χ1v) is 7.37. The Kier molecular flexibility index (Phi) is 4.78. The molecule has 2 amide bonds. The minimum Gasteiger partial charge on any atom is -0.356 e. The van der Waals surface area contributed by atoms with E-state index in [0.29, 0.717) is 36.7 Å². The molecule has 0 radical (unpaired) electrons. The highest BCUT2D eigenvalue weighted by molar-refractivity contribution is 6.08. The summed E-state index contributed by atoms with van der Waals surface area (Å²) >= 11 is 0. The van der Waals surface area contributed by atoms with E-state index < -0.39 is 0 Å². The number of benzene rings is 1. The number of hydrogen-bond donors (Lipinski definition) is 1. The third-order valence-corrected chi connectivity index (χ3v) is 3.65. The molecule has 1 aromatic carbocycles. The number of amides is 2. The van der Waals surface area contributed by atoms with Gasteiger partial charge in [0.25, 0.3) is 5.91 Å². The van der Waals surface area contributed by atoms with Gasteiger partial charge in [0.15, 0.2) is 0 Å². The maximum atomic E-state index is 12.3. The third-order valence-electron chi connectivity index (χ3n) is 3.65. The molecule has 0 saturated heterocycles. The fourth-order valence-electron chi connectivity index (χ4n) is 2.37. The van der Waals surface area contributed by atoms with Crippen LogP contribution in [0.5, 0.6) is 0 Å². The normalized spacial score (nSPS) is 13.8. The Bertz CT molecular complexity index is 529. The molecular weight excluding hydrogens is 264 g/mol. The van der Waals surface area contributed by atoms with Crippen LogP contribution >= 0.6 is 0 Å². The summed E-state index contributed by atoms with van der Waals surface area (Å²) in [4.78, 5) is 25.6. The Labute approximate surface area is 125 Å². The van der Waals surface area contributed by atoms with Gasteiger partial charge in [-0.05, 0) is 18.4 Å². The van der Waals surface area contributed by atoms with Crippen LogP contribution in [0.4, 0.5) is 0 Å². The molecule has 1 aromatic rings. The van der Waals surface area contributed by atoms with Crippen molar-refractivity contribution in [3.63, 3.8) is 0 Å². The molecule has 0 fully saturated rings. The molecule has 0 bridgehead atoms. The molecule has 1 aliphatic heterocycles. The molecule has 0 atom stereocenters. The summed E-state index contributed by atoms with van der Waals surface area (Å²) in [5.41, 5.74) is 2.22. The highest BCUT2D eigenvalue weighted by Crippen LogP contribution is 2.30. The summed E-state index contributed by atoms with van der Waals surface area (Å²) in [5.74, 6) is 0.484. The minimum atomic E-state index is -0.0643. The number of hydrogen-bond acceptors (Lipinski definition) is 2. The Morgan fingerprint density at radius 3 is 2.57 bits per heavy atom. The van der Waals surface area contributed by atoms with E-state index >= 15 is 0 Å². The third kappa shape index (κ3) is 3.51. The lowest BCUT2D eigenvalue weighted by Crippen LogP contribution is -2.31. The summed E-state index contributed by atoms with van der Waals surface area (Å²) in [6.07, 6.45) is 1.27. The van der Waals surface area contributed by atoms with Gasteiger partial charge in [-0.25, -0.2) is 0 Å². The molecule has 0 unspecified atom stereocenters. The molecule has 2 rings (SSSR count). The number of fused-ring (bicyclic) bond motifs is 1. The number of rotatable bonds is 6. The largest absolute Gasteiger partial charge is 0.356 e. The second-order valence-corrected chi connectivity index (χ2v) is 5.73. The number of nitrogens with zero attached hydrogens (tertiary/aromatic N) is 1. The van der Waals surface area contributed by atoms with Crippen LogP contribution in [0.3, 0.4) is 0 Å². The van der Waals surface area contributed by atoms with Gasteiger partial charge >= 0.3 is 0 Å². The van der Waals surface area contributed by atoms with Crippen LogP contribution in [0.25, 0.3) is 5.70 Å². The topological polar surface area (TPSA) is 49.4 Å². The van der Waals surface area contributed by atoms with Gasteiger partial charge in [0, 0.05) is 36.3 Å². The van der Waals surface area contributed by atoms with Crippen molar-refractivity contribution in [1.29, 1.82) is 0 Å². The maximum Gasteiger partial charge on any atom is 0.258 e. The van der Waals surface area contributed by atoms with Gasteiger partial charge in [-0.3, -0.25) is 9.59 Å². The van der Waals surface area contributed by atoms with E-state index in [0.717, 1.165) is 12.0 Å². The van der Waals surface area contributed by atoms with Gasteiger partial charge in [-0.2, -0.15) is 0 Å². The Morgan fingerprint density at radius 1 is 1.29 bits per heavy atom. The molecule has 1 N–H and O–H groups in total. The molecule has 0 spiro atoms. The van der Waals surface area contributed by atoms with E-state index in [1.165, 1.54) is 0 Å². The Morgan fingerprint density at radius 2 is 1.95 bits per heavy atom. The minimum absolute atomic E-state index is 0.0211. The van der Waals surface area contributed by atoms with Gasteiger partial charge in [0.2, 0.25) is 5.91 Å². The van der Waals surface area contributed by atoms with Gasteiger partial charge in [0.1, 0.15) is 0 Å². The van der Waals surface area contributed by atoms with Gasteiger partial charge < -0.3 is 10.2 Å². The standard InChI is InChI=1S/C17H22N2O2/c1-12(2)8-10-18-16(20)9-11-19-13(3)14-6-4-5-7-15(14)17(19)21/h4-7,12H,3,8-11H2,1-2H3,(H,18,20). The van der Waals surface area contributed by atoms with Crippen molar-refractivity contribution >= 4 is 17.5 Å². The molecule has 0 saturated carbocycles. The van der Waals surface area contributed by atoms with Crippen LogP contribution in [0, 0.1) is 5.92 Å². The van der Waals surface area contributed by atoms with Gasteiger partial charge in [-0.15, -0.1) is 0 Å². The first kappa shape index (κ1) is 15.3. The molecule has 1 aliphatic rings. The van der Waals surface area contributed by atoms with Gasteiger partial charge in [0.05, 0.1) is 0 Å². The quantitative estimate of drug-likeness (QED) is 0.874. The zero-order chi connectivity index (χ0) is 15.4. The maximum absolute atomic E-state index is 12.3. The van der Waals surface area contributed by atoms with E-state index in [1.54, 1.807) is 11.0 Å². The first-order chi connectivity index (χ1) is 10.0. The van der Waals surface area contributed by atoms with Crippen molar-refractivity contribution in [1.82, 2.24) is 10.2 Å². The summed E-state index contributed by atoms with van der Waals surface area (Å²) in [6.45, 7) is 9.27. The average Bonchev–Trinajstić information content (AvgIpc) is 2.69. The van der Waals surface area contributed by atoms with E-state index in [1.807, 2.05) is 18.2 Å². The molecule has 21 heavy (non-hydrogen) atoms.